The molecule has 42 valence electrons. The van der Waals surface area contributed by atoms with Crippen molar-refractivity contribution in [2.75, 3.05) is 0 Å². The first kappa shape index (κ1) is 11.8. The van der Waals surface area contributed by atoms with Crippen LogP contribution in [-0.2, 0) is 0 Å². The van der Waals surface area contributed by atoms with Gasteiger partial charge < -0.3 is 17.0 Å². The Bertz CT molecular complexity index is 106. The first-order chi connectivity index (χ1) is 3.06. The average molecular weight is 201 g/mol. The third kappa shape index (κ3) is 10.1. The fraction of sp³-hybridized carbons (Fsp3) is 0.600. The van der Waals surface area contributed by atoms with Crippen LogP contribution in [0.5, 0.6) is 0 Å². The SMILES string of the molecule is C[Si](C)(C)C#[C][Mg+].[Br-]. The van der Waals surface area contributed by atoms with E-state index in [-0.39, 0.29) is 17.0 Å². The van der Waals surface area contributed by atoms with Crippen LogP contribution in [0, 0.1) is 9.59 Å². The second kappa shape index (κ2) is 4.86. The van der Waals surface area contributed by atoms with Crippen molar-refractivity contribution in [3.63, 3.8) is 0 Å². The van der Waals surface area contributed by atoms with E-state index in [1.54, 1.807) is 21.7 Å². The minimum Gasteiger partial charge on any atom is -1.00 e. The Morgan fingerprint density at radius 3 is 1.62 bits per heavy atom. The molecule has 0 rings (SSSR count). The zero-order chi connectivity index (χ0) is 5.91. The third-order valence-electron chi connectivity index (χ3n) is 0.463. The van der Waals surface area contributed by atoms with E-state index in [4.69, 9.17) is 0 Å². The maximum absolute atomic E-state index is 3.19. The summed E-state index contributed by atoms with van der Waals surface area (Å²) in [7, 11) is -1.01. The van der Waals surface area contributed by atoms with Gasteiger partial charge in [-0.25, -0.2) is 0 Å². The van der Waals surface area contributed by atoms with Crippen molar-refractivity contribution in [3.8, 4) is 9.59 Å². The van der Waals surface area contributed by atoms with Crippen molar-refractivity contribution in [2.24, 2.45) is 0 Å². The average Bonchev–Trinajstić information content (AvgIpc) is 1.30. The smallest absolute Gasteiger partial charge is 1.00 e. The first-order valence-corrected chi connectivity index (χ1v) is 6.56. The molecule has 0 aromatic carbocycles. The summed E-state index contributed by atoms with van der Waals surface area (Å²) < 4.78 is 2.95. The number of hydrogen-bond donors (Lipinski definition) is 0. The van der Waals surface area contributed by atoms with E-state index in [0.717, 1.165) is 0 Å². The van der Waals surface area contributed by atoms with Gasteiger partial charge in [0.05, 0.1) is 0 Å². The van der Waals surface area contributed by atoms with E-state index in [2.05, 4.69) is 29.2 Å². The van der Waals surface area contributed by atoms with Gasteiger partial charge >= 0.3 is 59.0 Å². The molecule has 0 bridgehead atoms. The van der Waals surface area contributed by atoms with E-state index in [9.17, 15) is 0 Å². The molecular weight excluding hydrogens is 192 g/mol. The second-order valence-electron chi connectivity index (χ2n) is 2.55. The van der Waals surface area contributed by atoms with E-state index in [1.807, 2.05) is 0 Å². The summed E-state index contributed by atoms with van der Waals surface area (Å²) in [4.78, 5) is 0. The molecule has 0 aromatic heterocycles. The van der Waals surface area contributed by atoms with Gasteiger partial charge in [-0.15, -0.1) is 0 Å². The van der Waals surface area contributed by atoms with E-state index >= 15 is 0 Å². The molecule has 0 N–H and O–H groups in total. The predicted octanol–water partition coefficient (Wildman–Crippen LogP) is -2.00. The van der Waals surface area contributed by atoms with Crippen LogP contribution in [0.15, 0.2) is 0 Å². The van der Waals surface area contributed by atoms with E-state index in [1.165, 1.54) is 0 Å². The number of rotatable bonds is 0. The maximum Gasteiger partial charge on any atom is -1.00 e. The van der Waals surface area contributed by atoms with Crippen molar-refractivity contribution < 1.29 is 17.0 Å². The Morgan fingerprint density at radius 1 is 1.25 bits per heavy atom. The Hall–Kier alpha value is 1.02. The number of halogens is 1. The quantitative estimate of drug-likeness (QED) is 0.314. The van der Waals surface area contributed by atoms with Crippen LogP contribution in [0.3, 0.4) is 0 Å². The Labute approximate surface area is 75.6 Å². The summed E-state index contributed by atoms with van der Waals surface area (Å²) >= 11 is 1.73. The van der Waals surface area contributed by atoms with Gasteiger partial charge in [0.15, 0.2) is 0 Å². The summed E-state index contributed by atoms with van der Waals surface area (Å²) in [6, 6.07) is 0. The van der Waals surface area contributed by atoms with Crippen LogP contribution >= 0.6 is 0 Å². The molecule has 0 aliphatic rings. The summed E-state index contributed by atoms with van der Waals surface area (Å²) in [5.74, 6) is 0. The van der Waals surface area contributed by atoms with Crippen molar-refractivity contribution in [1.82, 2.24) is 0 Å². The Kier molecular flexibility index (Phi) is 7.15. The molecule has 0 unspecified atom stereocenters. The van der Waals surface area contributed by atoms with Crippen molar-refractivity contribution in [3.05, 3.63) is 0 Å². The Balaban J connectivity index is 0. The minimum atomic E-state index is -1.01. The molecule has 3 heteroatoms. The summed E-state index contributed by atoms with van der Waals surface area (Å²) in [5, 5.41) is 0. The van der Waals surface area contributed by atoms with Crippen LogP contribution in [0.1, 0.15) is 0 Å². The second-order valence-corrected chi connectivity index (χ2v) is 7.66. The summed E-state index contributed by atoms with van der Waals surface area (Å²) in [6.07, 6.45) is 0. The monoisotopic (exact) mass is 200 g/mol. The molecule has 0 fully saturated rings. The van der Waals surface area contributed by atoms with Crippen LogP contribution in [0.4, 0.5) is 0 Å². The molecular formula is C5H9BrMgSi. The molecule has 0 saturated heterocycles. The molecule has 0 aliphatic heterocycles. The maximum atomic E-state index is 3.19. The van der Waals surface area contributed by atoms with Crippen molar-refractivity contribution in [2.45, 2.75) is 19.6 Å². The molecule has 0 nitrogen and oxygen atoms in total. The van der Waals surface area contributed by atoms with Gasteiger partial charge in [-0.05, 0) is 0 Å². The van der Waals surface area contributed by atoms with Crippen LogP contribution in [0.25, 0.3) is 0 Å². The van der Waals surface area contributed by atoms with Crippen LogP contribution in [0.2, 0.25) is 19.6 Å². The molecule has 0 saturated carbocycles. The van der Waals surface area contributed by atoms with Crippen molar-refractivity contribution in [1.29, 1.82) is 0 Å². The molecule has 0 radical (unpaired) electrons. The first-order valence-electron chi connectivity index (χ1n) is 2.35. The topological polar surface area (TPSA) is 0 Å². The zero-order valence-corrected chi connectivity index (χ0v) is 9.59. The molecule has 0 heterocycles. The molecule has 0 spiro atoms. The fourth-order valence-corrected chi connectivity index (χ4v) is 2.39. The summed E-state index contributed by atoms with van der Waals surface area (Å²) in [6.45, 7) is 6.73. The molecule has 0 aromatic rings. The normalized spacial score (nSPS) is 8.62. The minimum absolute atomic E-state index is 0. The molecule has 0 atom stereocenters. The Morgan fingerprint density at radius 2 is 1.62 bits per heavy atom. The van der Waals surface area contributed by atoms with Gasteiger partial charge in [-0.1, -0.05) is 0 Å². The fourth-order valence-electron chi connectivity index (χ4n) is 0.265. The molecule has 0 aliphatic carbocycles. The summed E-state index contributed by atoms with van der Waals surface area (Å²) in [5.41, 5.74) is 3.19. The van der Waals surface area contributed by atoms with Crippen molar-refractivity contribution >= 4 is 29.8 Å². The molecule has 8 heavy (non-hydrogen) atoms. The van der Waals surface area contributed by atoms with E-state index < -0.39 is 8.07 Å². The molecule has 0 amide bonds. The van der Waals surface area contributed by atoms with E-state index in [0.29, 0.717) is 0 Å². The standard InChI is InChI=1S/C5H9Si.BrH.Mg/c1-5-6(2,3)4;;/h2-4H3;1H;/q;;+1/p-1. The van der Waals surface area contributed by atoms with Crippen LogP contribution in [-0.4, -0.2) is 29.8 Å². The zero-order valence-electron chi connectivity index (χ0n) is 5.59. The predicted molar refractivity (Wildman–Crippen MR) is 36.9 cm³/mol. The van der Waals surface area contributed by atoms with Gasteiger partial charge in [0.1, 0.15) is 0 Å². The largest absolute Gasteiger partial charge is 1.00 e. The van der Waals surface area contributed by atoms with Gasteiger partial charge in [-0.3, -0.25) is 0 Å². The third-order valence-corrected chi connectivity index (χ3v) is 1.92. The van der Waals surface area contributed by atoms with Gasteiger partial charge in [0, 0.05) is 0 Å². The van der Waals surface area contributed by atoms with Gasteiger partial charge in [0.2, 0.25) is 0 Å². The van der Waals surface area contributed by atoms with Crippen LogP contribution < -0.4 is 17.0 Å². The van der Waals surface area contributed by atoms with Gasteiger partial charge in [0.25, 0.3) is 0 Å². The van der Waals surface area contributed by atoms with Gasteiger partial charge in [-0.2, -0.15) is 0 Å². The number of hydrogen-bond acceptors (Lipinski definition) is 0.